The zero-order valence-electron chi connectivity index (χ0n) is 34.9. The Balaban J connectivity index is 3.98. The highest BCUT2D eigenvalue weighted by molar-refractivity contribution is 7.53. The number of esters is 2. The van der Waals surface area contributed by atoms with Crippen molar-refractivity contribution in [2.75, 3.05) is 26.4 Å². The van der Waals surface area contributed by atoms with Crippen molar-refractivity contribution in [3.63, 3.8) is 0 Å². The summed E-state index contributed by atoms with van der Waals surface area (Å²) in [6.07, 6.45) is 35.3. The Labute approximate surface area is 331 Å². The lowest BCUT2D eigenvalue weighted by atomic mass is 10.0. The third-order valence-electron chi connectivity index (χ3n) is 9.97. The van der Waals surface area contributed by atoms with Gasteiger partial charge in [-0.1, -0.05) is 194 Å². The van der Waals surface area contributed by atoms with E-state index in [0.717, 1.165) is 38.5 Å². The second-order valence-electron chi connectivity index (χ2n) is 15.2. The fourth-order valence-corrected chi connectivity index (χ4v) is 7.40. The van der Waals surface area contributed by atoms with Gasteiger partial charge in [0.15, 0.2) is 12.7 Å². The number of hydrogen-bond donors (Lipinski definition) is 3. The topological polar surface area (TPSA) is 174 Å². The van der Waals surface area contributed by atoms with Crippen LogP contribution in [0.25, 0.3) is 0 Å². The molecule has 0 aliphatic heterocycles. The maximum absolute atomic E-state index is 12.9. The fourth-order valence-electron chi connectivity index (χ4n) is 6.48. The molecule has 0 heterocycles. The summed E-state index contributed by atoms with van der Waals surface area (Å²) in [5, 5.41) is 19.3. The average molecular weight is 795 g/mol. The van der Waals surface area contributed by atoms with Gasteiger partial charge in [0.25, 0.3) is 0 Å². The predicted molar refractivity (Wildman–Crippen MR) is 216 cm³/mol. The third-order valence-corrected chi connectivity index (χ3v) is 11.2. The van der Waals surface area contributed by atoms with E-state index in [1.165, 1.54) is 141 Å². The number of unbranched alkanes of at least 4 members (excludes halogenated alkanes) is 28. The summed E-state index contributed by atoms with van der Waals surface area (Å²) in [6, 6.07) is 0. The molecule has 11 nitrogen and oxygen atoms in total. The minimum Gasteiger partial charge on any atom is -0.601 e. The Kier molecular flexibility index (Phi) is 39.6. The molecule has 54 heavy (non-hydrogen) atoms. The van der Waals surface area contributed by atoms with Crippen molar-refractivity contribution < 1.29 is 53.7 Å². The summed E-state index contributed by atoms with van der Waals surface area (Å²) in [7, 11) is -4.24. The quantitative estimate of drug-likeness (QED) is 0.0177. The summed E-state index contributed by atoms with van der Waals surface area (Å²) in [5.41, 5.74) is 0. The number of carbonyl (C=O) groups is 2. The van der Waals surface area contributed by atoms with Crippen molar-refractivity contribution in [1.82, 2.24) is 0 Å². The lowest BCUT2D eigenvalue weighted by molar-refractivity contribution is -0.656. The molecule has 321 valence electrons. The van der Waals surface area contributed by atoms with Crippen molar-refractivity contribution in [2.45, 2.75) is 232 Å². The Morgan fingerprint density at radius 3 is 1.15 bits per heavy atom. The van der Waals surface area contributed by atoms with Crippen LogP contribution in [0.15, 0.2) is 0 Å². The first-order chi connectivity index (χ1) is 26.3. The van der Waals surface area contributed by atoms with Gasteiger partial charge in [-0.3, -0.25) is 4.79 Å². The highest BCUT2D eigenvalue weighted by Crippen LogP contribution is 2.51. The van der Waals surface area contributed by atoms with E-state index in [-0.39, 0.29) is 12.8 Å². The van der Waals surface area contributed by atoms with E-state index in [1.807, 2.05) is 0 Å². The van der Waals surface area contributed by atoms with Crippen LogP contribution in [0, 0.1) is 0 Å². The molecule has 0 unspecified atom stereocenters. The van der Waals surface area contributed by atoms with Crippen molar-refractivity contribution in [1.29, 1.82) is 0 Å². The molecule has 0 saturated carbocycles. The molecule has 0 aromatic heterocycles. The number of aliphatic hydroxyl groups is 2. The number of carbonyl (C=O) groups excluding carboxylic acids is 2. The number of ether oxygens (including phenoxy) is 2. The van der Waals surface area contributed by atoms with Gasteiger partial charge in [-0.15, -0.1) is 0 Å². The van der Waals surface area contributed by atoms with E-state index >= 15 is 0 Å². The third kappa shape index (κ3) is 35.5. The zero-order valence-corrected chi connectivity index (χ0v) is 35.8. The molecule has 0 spiro atoms. The van der Waals surface area contributed by atoms with Crippen LogP contribution in [0.1, 0.15) is 219 Å². The molecule has 0 saturated heterocycles. The molecule has 5 N–H and O–H groups in total. The number of phosphoric acid groups is 1. The van der Waals surface area contributed by atoms with E-state index in [4.69, 9.17) is 18.5 Å². The van der Waals surface area contributed by atoms with Crippen LogP contribution in [0.4, 0.5) is 0 Å². The second kappa shape index (κ2) is 40.3. The first-order valence-electron chi connectivity index (χ1n) is 22.3. The standard InChI is InChI=1S/C42H85NO10P/c1-3-5-7-9-11-13-15-17-19-21-23-25-27-29-31-33-41(46)51-39(35-44)37-49-54(48,53-43)50-38-40(36-45)52-42(47)34-32-30-28-26-24-22-20-18-16-14-12-10-8-6-4-2/h39-40,44-45H,3-38H2,1-2,43H3/q+2/t39-,40-/m0/s1. The van der Waals surface area contributed by atoms with Crippen molar-refractivity contribution in [3.8, 4) is 0 Å². The molecule has 0 bridgehead atoms. The lowest BCUT2D eigenvalue weighted by Crippen LogP contribution is -2.51. The highest BCUT2D eigenvalue weighted by atomic mass is 31.2. The van der Waals surface area contributed by atoms with E-state index in [9.17, 15) is 24.7 Å². The minimum atomic E-state index is -4.24. The first-order valence-corrected chi connectivity index (χ1v) is 23.7. The van der Waals surface area contributed by atoms with Gasteiger partial charge >= 0.3 is 20.1 Å². The first kappa shape index (κ1) is 53.1. The van der Waals surface area contributed by atoms with Gasteiger partial charge in [0, 0.05) is 11.2 Å². The molecule has 12 heteroatoms. The molecule has 0 aliphatic carbocycles. The smallest absolute Gasteiger partial charge is 0.574 e. The molecular weight excluding hydrogens is 709 g/mol. The summed E-state index contributed by atoms with van der Waals surface area (Å²) in [5.74, 6) is 2.20. The van der Waals surface area contributed by atoms with E-state index in [1.54, 1.807) is 0 Å². The number of phosphoric ester groups is 1. The Hall–Kier alpha value is -0.910. The van der Waals surface area contributed by atoms with Crippen molar-refractivity contribution in [2.24, 2.45) is 0 Å². The highest BCUT2D eigenvalue weighted by Gasteiger charge is 2.40. The average Bonchev–Trinajstić information content (AvgIpc) is 3.17. The fraction of sp³-hybridized carbons (Fsp3) is 0.952. The number of aliphatic hydroxyl groups excluding tert-OH is 2. The van der Waals surface area contributed by atoms with Gasteiger partial charge in [-0.25, -0.2) is 0 Å². The van der Waals surface area contributed by atoms with Gasteiger partial charge in [-0.05, 0) is 17.5 Å². The largest absolute Gasteiger partial charge is 0.601 e. The molecular formula is C42H85NO10P+2. The van der Waals surface area contributed by atoms with Gasteiger partial charge in [0.2, 0.25) is 6.10 Å². The van der Waals surface area contributed by atoms with Gasteiger partial charge < -0.3 is 24.6 Å². The number of hydrogen-bond acceptors (Lipinski definition) is 10. The van der Waals surface area contributed by atoms with Crippen LogP contribution in [-0.4, -0.2) is 60.8 Å². The maximum Gasteiger partial charge on any atom is 0.574 e. The molecule has 1 radical (unpaired) electrons. The number of quaternary nitrogens is 1. The Bertz CT molecular complexity index is 764. The predicted octanol–water partition coefficient (Wildman–Crippen LogP) is 9.56. The van der Waals surface area contributed by atoms with Gasteiger partial charge in [0.1, 0.15) is 19.6 Å². The summed E-state index contributed by atoms with van der Waals surface area (Å²) in [6.45, 7) is 2.52. The van der Waals surface area contributed by atoms with Crippen LogP contribution < -0.4 is 10.8 Å². The molecule has 0 amide bonds. The van der Waals surface area contributed by atoms with Crippen LogP contribution >= 0.6 is 8.17 Å². The van der Waals surface area contributed by atoms with Crippen LogP contribution in [-0.2, 0) is 32.7 Å². The van der Waals surface area contributed by atoms with Crippen LogP contribution in [0.2, 0.25) is 0 Å². The van der Waals surface area contributed by atoms with Crippen molar-refractivity contribution in [3.05, 3.63) is 0 Å². The normalized spacial score (nSPS) is 13.8. The SMILES string of the molecule is CCCCCCCCCCCCCCCCCC(=O)O[C@@H](CO)CO[P+]([O-])(O[NH3+])OC[C@H](CO)OC(=[O+])CCCCCCCCCCCCCCCCC. The van der Waals surface area contributed by atoms with E-state index < -0.39 is 58.7 Å². The Morgan fingerprint density at radius 1 is 0.537 bits per heavy atom. The Morgan fingerprint density at radius 2 is 0.833 bits per heavy atom. The molecule has 2 atom stereocenters. The summed E-state index contributed by atoms with van der Waals surface area (Å²) in [4.78, 5) is 37.5. The summed E-state index contributed by atoms with van der Waals surface area (Å²) < 4.78 is 25.7. The lowest BCUT2D eigenvalue weighted by Gasteiger charge is -2.22. The summed E-state index contributed by atoms with van der Waals surface area (Å²) >= 11 is 0. The van der Waals surface area contributed by atoms with E-state index in [0.29, 0.717) is 12.8 Å². The van der Waals surface area contributed by atoms with Gasteiger partial charge in [0.05, 0.1) is 6.61 Å². The zero-order chi connectivity index (χ0) is 39.8. The van der Waals surface area contributed by atoms with E-state index in [2.05, 4.69) is 24.4 Å². The minimum absolute atomic E-state index is 0.220. The van der Waals surface area contributed by atoms with Crippen LogP contribution in [0.5, 0.6) is 0 Å². The molecule has 0 aromatic carbocycles. The second-order valence-corrected chi connectivity index (χ2v) is 16.8. The van der Waals surface area contributed by atoms with Crippen molar-refractivity contribution >= 4 is 20.1 Å². The maximum atomic E-state index is 12.9. The monoisotopic (exact) mass is 795 g/mol. The molecule has 0 aliphatic rings. The molecule has 0 rings (SSSR count). The van der Waals surface area contributed by atoms with Gasteiger partial charge in [-0.2, -0.15) is 14.9 Å². The van der Waals surface area contributed by atoms with Crippen LogP contribution in [0.3, 0.4) is 0 Å². The number of rotatable bonds is 43. The molecule has 0 aromatic rings. The molecule has 0 fully saturated rings.